The second-order valence-electron chi connectivity index (χ2n) is 10.3. The molecule has 4 rings (SSSR count). The van der Waals surface area contributed by atoms with Crippen LogP contribution in [0.15, 0.2) is 85.2 Å². The van der Waals surface area contributed by atoms with Crippen molar-refractivity contribution in [1.29, 1.82) is 0 Å². The van der Waals surface area contributed by atoms with Crippen molar-refractivity contribution >= 4 is 34.8 Å². The molecule has 3 aromatic carbocycles. The Kier molecular flexibility index (Phi) is 8.58. The van der Waals surface area contributed by atoms with Gasteiger partial charge in [-0.1, -0.05) is 60.7 Å². The lowest BCUT2D eigenvalue weighted by Gasteiger charge is -2.24. The van der Waals surface area contributed by atoms with Crippen LogP contribution in [-0.2, 0) is 17.8 Å². The number of carbonyl (C=O) groups excluding carboxylic acids is 1. The zero-order chi connectivity index (χ0) is 28.7. The van der Waals surface area contributed by atoms with Crippen LogP contribution in [0.3, 0.4) is 0 Å². The predicted octanol–water partition coefficient (Wildman–Crippen LogP) is 6.99. The van der Waals surface area contributed by atoms with Crippen molar-refractivity contribution < 1.29 is 14.5 Å². The third-order valence-electron chi connectivity index (χ3n) is 5.70. The summed E-state index contributed by atoms with van der Waals surface area (Å²) in [6.45, 7) is 8.00. The van der Waals surface area contributed by atoms with Crippen LogP contribution in [0.25, 0.3) is 0 Å². The minimum atomic E-state index is -0.654. The molecule has 0 saturated carbocycles. The van der Waals surface area contributed by atoms with Gasteiger partial charge in [-0.2, -0.15) is 0 Å². The molecular weight excluding hydrogens is 508 g/mol. The highest BCUT2D eigenvalue weighted by Gasteiger charge is 2.28. The van der Waals surface area contributed by atoms with Crippen molar-refractivity contribution in [2.45, 2.75) is 46.4 Å². The van der Waals surface area contributed by atoms with Gasteiger partial charge in [0.1, 0.15) is 11.9 Å². The molecular formula is C30H32N6O4. The number of ether oxygens (including phenoxy) is 1. The molecule has 0 bridgehead atoms. The number of nitrogens with one attached hydrogen (secondary N) is 2. The number of carbonyl (C=O) groups is 1. The Labute approximate surface area is 233 Å². The number of aryl methyl sites for hydroxylation is 1. The average molecular weight is 541 g/mol. The first-order valence-corrected chi connectivity index (χ1v) is 12.8. The topological polar surface area (TPSA) is 123 Å². The summed E-state index contributed by atoms with van der Waals surface area (Å²) in [6.07, 6.45) is 0.709. The van der Waals surface area contributed by atoms with Crippen molar-refractivity contribution in [3.63, 3.8) is 0 Å². The number of nitrogens with zero attached hydrogens (tertiary/aromatic N) is 4. The molecule has 206 valence electrons. The quantitative estimate of drug-likeness (QED) is 0.172. The number of benzene rings is 3. The monoisotopic (exact) mass is 540 g/mol. The predicted molar refractivity (Wildman–Crippen MR) is 156 cm³/mol. The van der Waals surface area contributed by atoms with E-state index in [1.54, 1.807) is 39.0 Å². The Hall–Kier alpha value is -4.99. The highest BCUT2D eigenvalue weighted by atomic mass is 16.6. The van der Waals surface area contributed by atoms with Gasteiger partial charge in [0, 0.05) is 24.5 Å². The highest BCUT2D eigenvalue weighted by Crippen LogP contribution is 2.35. The van der Waals surface area contributed by atoms with Crippen molar-refractivity contribution in [2.24, 2.45) is 0 Å². The molecule has 0 unspecified atom stereocenters. The molecule has 0 atom stereocenters. The Balaban J connectivity index is 1.68. The Bertz CT molecular complexity index is 1430. The van der Waals surface area contributed by atoms with Gasteiger partial charge in [0.15, 0.2) is 0 Å². The van der Waals surface area contributed by atoms with Crippen LogP contribution < -0.4 is 15.5 Å². The van der Waals surface area contributed by atoms with Crippen molar-refractivity contribution in [3.8, 4) is 0 Å². The van der Waals surface area contributed by atoms with Crippen LogP contribution >= 0.6 is 0 Å². The molecule has 1 aromatic heterocycles. The zero-order valence-corrected chi connectivity index (χ0v) is 22.9. The smallest absolute Gasteiger partial charge is 0.412 e. The van der Waals surface area contributed by atoms with E-state index in [1.165, 1.54) is 6.33 Å². The Morgan fingerprint density at radius 1 is 0.925 bits per heavy atom. The van der Waals surface area contributed by atoms with Gasteiger partial charge < -0.3 is 15.0 Å². The van der Waals surface area contributed by atoms with Crippen LogP contribution in [0.2, 0.25) is 0 Å². The molecule has 1 amide bonds. The number of anilines is 4. The Morgan fingerprint density at radius 3 is 2.05 bits per heavy atom. The van der Waals surface area contributed by atoms with Gasteiger partial charge in [-0.3, -0.25) is 15.4 Å². The third-order valence-corrected chi connectivity index (χ3v) is 5.70. The summed E-state index contributed by atoms with van der Waals surface area (Å²) in [5.41, 5.74) is 2.87. The van der Waals surface area contributed by atoms with E-state index in [0.29, 0.717) is 24.5 Å². The summed E-state index contributed by atoms with van der Waals surface area (Å²) in [5.74, 6) is 0.227. The van der Waals surface area contributed by atoms with Gasteiger partial charge in [0.25, 0.3) is 0 Å². The second-order valence-corrected chi connectivity index (χ2v) is 10.3. The molecule has 0 radical (unpaired) electrons. The molecule has 4 aromatic rings. The first-order valence-electron chi connectivity index (χ1n) is 12.8. The first-order chi connectivity index (χ1) is 19.1. The normalized spacial score (nSPS) is 11.0. The van der Waals surface area contributed by atoms with Crippen LogP contribution in [-0.4, -0.2) is 26.6 Å². The number of hydrogen-bond donors (Lipinski definition) is 2. The van der Waals surface area contributed by atoms with Gasteiger partial charge in [0.2, 0.25) is 11.6 Å². The minimum Gasteiger partial charge on any atom is -0.444 e. The van der Waals surface area contributed by atoms with E-state index in [2.05, 4.69) is 20.6 Å². The average Bonchev–Trinajstić information content (AvgIpc) is 2.88. The molecule has 40 heavy (non-hydrogen) atoms. The summed E-state index contributed by atoms with van der Waals surface area (Å²) in [4.78, 5) is 34.7. The fourth-order valence-corrected chi connectivity index (χ4v) is 4.16. The van der Waals surface area contributed by atoms with Gasteiger partial charge in [-0.15, -0.1) is 0 Å². The van der Waals surface area contributed by atoms with E-state index >= 15 is 0 Å². The molecule has 0 saturated heterocycles. The number of rotatable bonds is 9. The minimum absolute atomic E-state index is 0.0370. The maximum absolute atomic E-state index is 12.4. The van der Waals surface area contributed by atoms with Gasteiger partial charge >= 0.3 is 11.8 Å². The largest absolute Gasteiger partial charge is 0.444 e. The molecule has 10 nitrogen and oxygen atoms in total. The number of nitro groups is 1. The zero-order valence-electron chi connectivity index (χ0n) is 22.9. The van der Waals surface area contributed by atoms with E-state index in [9.17, 15) is 14.9 Å². The lowest BCUT2D eigenvalue weighted by Crippen LogP contribution is -2.27. The lowest BCUT2D eigenvalue weighted by molar-refractivity contribution is -0.383. The highest BCUT2D eigenvalue weighted by molar-refractivity contribution is 5.86. The van der Waals surface area contributed by atoms with Gasteiger partial charge in [-0.25, -0.2) is 14.8 Å². The first kappa shape index (κ1) is 28.0. The van der Waals surface area contributed by atoms with E-state index in [-0.39, 0.29) is 17.3 Å². The molecule has 0 spiro atoms. The summed E-state index contributed by atoms with van der Waals surface area (Å²) in [7, 11) is 0. The number of hydrogen-bond acceptors (Lipinski definition) is 8. The Morgan fingerprint density at radius 2 is 1.50 bits per heavy atom. The second kappa shape index (κ2) is 12.2. The van der Waals surface area contributed by atoms with E-state index in [0.717, 1.165) is 16.7 Å². The summed E-state index contributed by atoms with van der Waals surface area (Å²) in [5, 5.41) is 18.2. The molecule has 0 aliphatic carbocycles. The molecule has 1 heterocycles. The summed E-state index contributed by atoms with van der Waals surface area (Å²) >= 11 is 0. The van der Waals surface area contributed by atoms with E-state index < -0.39 is 16.6 Å². The van der Waals surface area contributed by atoms with E-state index in [1.807, 2.05) is 72.5 Å². The van der Waals surface area contributed by atoms with E-state index in [4.69, 9.17) is 4.74 Å². The van der Waals surface area contributed by atoms with Crippen molar-refractivity contribution in [3.05, 3.63) is 112 Å². The maximum Gasteiger partial charge on any atom is 0.412 e. The molecule has 2 N–H and O–H groups in total. The fraction of sp³-hybridized carbons (Fsp3) is 0.233. The van der Waals surface area contributed by atoms with Crippen LogP contribution in [0.4, 0.5) is 33.5 Å². The molecule has 0 aliphatic rings. The third kappa shape index (κ3) is 7.76. The maximum atomic E-state index is 12.4. The molecule has 0 aliphatic heterocycles. The van der Waals surface area contributed by atoms with Gasteiger partial charge in [-0.05, 0) is 62.6 Å². The number of amides is 1. The van der Waals surface area contributed by atoms with Gasteiger partial charge in [0.05, 0.1) is 4.92 Å². The SMILES string of the molecule is Cc1cc(NC(=O)OC(C)(C)C)cc(Nc2ncnc(N(Cc3ccccc3)Cc3ccccc3)c2[N+](=O)[O-])c1. The van der Waals surface area contributed by atoms with Crippen molar-refractivity contribution in [2.75, 3.05) is 15.5 Å². The molecule has 0 fully saturated rings. The standard InChI is InChI=1S/C30H32N6O4/c1-21-15-24(17-25(16-21)34-29(37)40-30(2,3)4)33-27-26(36(38)39)28(32-20-31-27)35(18-22-11-7-5-8-12-22)19-23-13-9-6-10-14-23/h5-17,20H,18-19H2,1-4H3,(H,34,37)(H,31,32,33). The summed E-state index contributed by atoms with van der Waals surface area (Å²) in [6, 6.07) is 24.7. The van der Waals surface area contributed by atoms with Crippen LogP contribution in [0.1, 0.15) is 37.5 Å². The van der Waals surface area contributed by atoms with Crippen LogP contribution in [0, 0.1) is 17.0 Å². The van der Waals surface area contributed by atoms with Crippen molar-refractivity contribution in [1.82, 2.24) is 9.97 Å². The van der Waals surface area contributed by atoms with Crippen LogP contribution in [0.5, 0.6) is 0 Å². The summed E-state index contributed by atoms with van der Waals surface area (Å²) < 4.78 is 5.34. The fourth-order valence-electron chi connectivity index (χ4n) is 4.16. The number of aromatic nitrogens is 2. The lowest BCUT2D eigenvalue weighted by atomic mass is 10.1. The molecule has 10 heteroatoms.